The summed E-state index contributed by atoms with van der Waals surface area (Å²) in [5.41, 5.74) is 0. The Bertz CT molecular complexity index is 3.25. The molecule has 0 aliphatic carbocycles. The van der Waals surface area contributed by atoms with E-state index in [0.29, 0.717) is 0 Å². The first-order valence-corrected chi connectivity index (χ1v) is 1.000. The van der Waals surface area contributed by atoms with Gasteiger partial charge in [-0.15, -0.1) is 0 Å². The molecule has 0 saturated heterocycles. The second-order valence-electron chi connectivity index (χ2n) is 0.354. The van der Waals surface area contributed by atoms with Gasteiger partial charge in [-0.05, 0) is 0 Å². The van der Waals surface area contributed by atoms with Crippen LogP contribution in [0.2, 0.25) is 0 Å². The molecule has 0 aromatic heterocycles. The molecule has 0 heterocycles. The van der Waals surface area contributed by atoms with Crippen LogP contribution in [0.3, 0.4) is 0 Å². The molecule has 0 radical (unpaired) electrons. The minimum Gasteiger partial charge on any atom is -0.372 e. The molecule has 0 bridgehead atoms. The van der Waals surface area contributed by atoms with Crippen LogP contribution < -0.4 is 0 Å². The summed E-state index contributed by atoms with van der Waals surface area (Å²) in [5.74, 6) is 0. The van der Waals surface area contributed by atoms with Gasteiger partial charge in [0.05, 0.1) is 0 Å². The van der Waals surface area contributed by atoms with E-state index in [1.54, 1.807) is 0 Å². The second-order valence-corrected chi connectivity index (χ2v) is 0.354. The zero-order chi connectivity index (χ0) is 2.71. The first kappa shape index (κ1) is 8.99. The standard InChI is InChI=1S/C3H6.Dy/c1-3-2;/h1-3H2;/q-2;. The summed E-state index contributed by atoms with van der Waals surface area (Å²) < 4.78 is 0. The molecule has 0 fully saturated rings. The third-order valence-corrected chi connectivity index (χ3v) is 0. The maximum atomic E-state index is 3.38. The predicted molar refractivity (Wildman–Crippen MR) is 15.3 cm³/mol. The number of hydrogen-bond acceptors (Lipinski definition) is 0. The van der Waals surface area contributed by atoms with Gasteiger partial charge >= 0.3 is 0 Å². The Labute approximate surface area is 58.0 Å². The van der Waals surface area contributed by atoms with Crippen LogP contribution in [-0.2, 0) is 0 Å². The van der Waals surface area contributed by atoms with E-state index in [1.807, 2.05) is 0 Å². The van der Waals surface area contributed by atoms with Crippen molar-refractivity contribution in [1.82, 2.24) is 0 Å². The van der Waals surface area contributed by atoms with Crippen LogP contribution in [0.4, 0.5) is 0 Å². The van der Waals surface area contributed by atoms with Crippen molar-refractivity contribution in [2.75, 3.05) is 0 Å². The van der Waals surface area contributed by atoms with Crippen molar-refractivity contribution in [1.29, 1.82) is 0 Å². The fraction of sp³-hybridized carbons (Fsp3) is 0.333. The van der Waals surface area contributed by atoms with Crippen LogP contribution >= 0.6 is 0 Å². The van der Waals surface area contributed by atoms with E-state index in [-0.39, 0.29) is 38.2 Å². The fourth-order valence-electron chi connectivity index (χ4n) is 0. The zero-order valence-electron chi connectivity index (χ0n) is 2.44. The van der Waals surface area contributed by atoms with Gasteiger partial charge in [-0.2, -0.15) is 0 Å². The number of hydrogen-bond donors (Lipinski definition) is 0. The molecule has 0 rings (SSSR count). The van der Waals surface area contributed by atoms with Gasteiger partial charge in [0, 0.05) is 38.2 Å². The summed E-state index contributed by atoms with van der Waals surface area (Å²) in [6, 6.07) is 0. The van der Waals surface area contributed by atoms with Crippen molar-refractivity contribution in [3.63, 3.8) is 0 Å². The molecule has 0 unspecified atom stereocenters. The first-order chi connectivity index (χ1) is 1.41. The van der Waals surface area contributed by atoms with Crippen LogP contribution in [0.5, 0.6) is 0 Å². The van der Waals surface area contributed by atoms with Gasteiger partial charge in [0.2, 0.25) is 0 Å². The van der Waals surface area contributed by atoms with E-state index in [9.17, 15) is 0 Å². The predicted octanol–water partition coefficient (Wildman–Crippen LogP) is 1.04. The summed E-state index contributed by atoms with van der Waals surface area (Å²) in [6.07, 6.45) is 0.750. The molecule has 0 saturated carbocycles. The van der Waals surface area contributed by atoms with E-state index in [2.05, 4.69) is 13.8 Å². The SMILES string of the molecule is [CH2-]C[CH2-].[Dy]. The maximum absolute atomic E-state index is 3.38. The van der Waals surface area contributed by atoms with E-state index < -0.39 is 0 Å². The molecular weight excluding hydrogens is 199 g/mol. The van der Waals surface area contributed by atoms with Crippen molar-refractivity contribution in [3.8, 4) is 0 Å². The van der Waals surface area contributed by atoms with Crippen LogP contribution in [0.1, 0.15) is 6.42 Å². The molecule has 30 valence electrons. The first-order valence-electron chi connectivity index (χ1n) is 1.000. The Hall–Kier alpha value is 1.27. The van der Waals surface area contributed by atoms with Crippen LogP contribution in [0, 0.1) is 52.0 Å². The Morgan fingerprint density at radius 2 is 1.25 bits per heavy atom. The summed E-state index contributed by atoms with van der Waals surface area (Å²) in [6.45, 7) is 6.75. The molecule has 0 nitrogen and oxygen atoms in total. The van der Waals surface area contributed by atoms with Crippen LogP contribution in [0.15, 0.2) is 0 Å². The van der Waals surface area contributed by atoms with Crippen molar-refractivity contribution in [3.05, 3.63) is 13.8 Å². The molecular formula is C3H6Dy-2. The molecule has 0 spiro atoms. The zero-order valence-corrected chi connectivity index (χ0v) is 4.47. The Morgan fingerprint density at radius 3 is 1.25 bits per heavy atom. The van der Waals surface area contributed by atoms with E-state index in [0.717, 1.165) is 6.42 Å². The van der Waals surface area contributed by atoms with E-state index in [1.165, 1.54) is 0 Å². The average molecular weight is 205 g/mol. The summed E-state index contributed by atoms with van der Waals surface area (Å²) in [4.78, 5) is 0. The fourth-order valence-corrected chi connectivity index (χ4v) is 0. The van der Waals surface area contributed by atoms with Crippen molar-refractivity contribution in [2.24, 2.45) is 0 Å². The normalized spacial score (nSPS) is 4.50. The third-order valence-electron chi connectivity index (χ3n) is 0. The van der Waals surface area contributed by atoms with Gasteiger partial charge in [-0.3, -0.25) is 0 Å². The largest absolute Gasteiger partial charge is 0.372 e. The molecule has 0 aromatic carbocycles. The van der Waals surface area contributed by atoms with Crippen molar-refractivity contribution in [2.45, 2.75) is 6.42 Å². The average Bonchev–Trinajstić information content (AvgIpc) is 0.918. The van der Waals surface area contributed by atoms with Gasteiger partial charge < -0.3 is 20.3 Å². The maximum Gasteiger partial charge on any atom is 0 e. The topological polar surface area (TPSA) is 0 Å². The van der Waals surface area contributed by atoms with Crippen LogP contribution in [0.25, 0.3) is 0 Å². The minimum absolute atomic E-state index is 0. The molecule has 4 heavy (non-hydrogen) atoms. The molecule has 0 N–H and O–H groups in total. The van der Waals surface area contributed by atoms with Crippen LogP contribution in [-0.4, -0.2) is 0 Å². The molecule has 1 heteroatoms. The van der Waals surface area contributed by atoms with Gasteiger partial charge in [0.15, 0.2) is 0 Å². The van der Waals surface area contributed by atoms with Gasteiger partial charge in [-0.1, -0.05) is 0 Å². The minimum atomic E-state index is 0. The molecule has 0 aromatic rings. The van der Waals surface area contributed by atoms with Gasteiger partial charge in [0.1, 0.15) is 0 Å². The molecule has 0 aliphatic heterocycles. The molecule has 0 amide bonds. The van der Waals surface area contributed by atoms with Gasteiger partial charge in [-0.25, -0.2) is 0 Å². The van der Waals surface area contributed by atoms with Crippen molar-refractivity contribution >= 4 is 0 Å². The number of rotatable bonds is 0. The monoisotopic (exact) mass is 206 g/mol. The van der Waals surface area contributed by atoms with E-state index in [4.69, 9.17) is 0 Å². The Balaban J connectivity index is 0. The summed E-state index contributed by atoms with van der Waals surface area (Å²) >= 11 is 0. The smallest absolute Gasteiger partial charge is 0 e. The Morgan fingerprint density at radius 1 is 1.25 bits per heavy atom. The molecule has 0 atom stereocenters. The quantitative estimate of drug-likeness (QED) is 0.518. The van der Waals surface area contributed by atoms with E-state index >= 15 is 0 Å². The van der Waals surface area contributed by atoms with Gasteiger partial charge in [0.25, 0.3) is 0 Å². The van der Waals surface area contributed by atoms with Crippen molar-refractivity contribution < 1.29 is 38.2 Å². The third kappa shape index (κ3) is 10.4. The molecule has 0 aliphatic rings. The summed E-state index contributed by atoms with van der Waals surface area (Å²) in [5, 5.41) is 0. The Kier molecular flexibility index (Phi) is 19.9. The second kappa shape index (κ2) is 8.86. The summed E-state index contributed by atoms with van der Waals surface area (Å²) in [7, 11) is 0.